The maximum absolute atomic E-state index is 12.2. The first-order valence-electron chi connectivity index (χ1n) is 7.83. The van der Waals surface area contributed by atoms with Crippen molar-refractivity contribution in [1.29, 1.82) is 0 Å². The van der Waals surface area contributed by atoms with Gasteiger partial charge in [-0.2, -0.15) is 0 Å². The maximum atomic E-state index is 12.2. The molecule has 0 aliphatic carbocycles. The molecule has 0 saturated carbocycles. The molecule has 1 fully saturated rings. The van der Waals surface area contributed by atoms with Gasteiger partial charge in [0.2, 0.25) is 5.91 Å². The smallest absolute Gasteiger partial charge is 0.230 e. The lowest BCUT2D eigenvalue weighted by Gasteiger charge is -2.25. The Morgan fingerprint density at radius 3 is 2.57 bits per heavy atom. The van der Waals surface area contributed by atoms with E-state index in [4.69, 9.17) is 0 Å². The molecule has 0 aromatic heterocycles. The SMILES string of the molecule is CC(C)C(NC(=O)CSC1CCNCC1)c1ccccc1. The average molecular weight is 306 g/mol. The monoisotopic (exact) mass is 306 g/mol. The standard InChI is InChI=1S/C17H26N2OS/c1-13(2)17(14-6-4-3-5-7-14)19-16(20)12-21-15-8-10-18-11-9-15/h3-7,13,15,17-18H,8-12H2,1-2H3,(H,19,20). The van der Waals surface area contributed by atoms with Gasteiger partial charge in [-0.25, -0.2) is 0 Å². The van der Waals surface area contributed by atoms with E-state index in [0.29, 0.717) is 16.9 Å². The van der Waals surface area contributed by atoms with Crippen molar-refractivity contribution in [3.05, 3.63) is 35.9 Å². The van der Waals surface area contributed by atoms with Crippen LogP contribution in [0.25, 0.3) is 0 Å². The summed E-state index contributed by atoms with van der Waals surface area (Å²) in [6.07, 6.45) is 2.34. The van der Waals surface area contributed by atoms with Crippen LogP contribution >= 0.6 is 11.8 Å². The highest BCUT2D eigenvalue weighted by Crippen LogP contribution is 2.23. The van der Waals surface area contributed by atoms with E-state index in [1.807, 2.05) is 18.2 Å². The number of piperidine rings is 1. The molecular weight excluding hydrogens is 280 g/mol. The summed E-state index contributed by atoms with van der Waals surface area (Å²) in [6.45, 7) is 6.46. The normalized spacial score (nSPS) is 17.7. The lowest BCUT2D eigenvalue weighted by molar-refractivity contribution is -0.119. The number of hydrogen-bond donors (Lipinski definition) is 2. The highest BCUT2D eigenvalue weighted by atomic mass is 32.2. The van der Waals surface area contributed by atoms with Gasteiger partial charge >= 0.3 is 0 Å². The fourth-order valence-electron chi connectivity index (χ4n) is 2.67. The van der Waals surface area contributed by atoms with Gasteiger partial charge in [-0.05, 0) is 37.4 Å². The third-order valence-corrected chi connectivity index (χ3v) is 5.25. The topological polar surface area (TPSA) is 41.1 Å². The zero-order valence-corrected chi connectivity index (χ0v) is 13.8. The first-order valence-corrected chi connectivity index (χ1v) is 8.88. The zero-order chi connectivity index (χ0) is 15.1. The van der Waals surface area contributed by atoms with Crippen LogP contribution in [-0.4, -0.2) is 30.0 Å². The first kappa shape index (κ1) is 16.4. The van der Waals surface area contributed by atoms with Crippen molar-refractivity contribution >= 4 is 17.7 Å². The highest BCUT2D eigenvalue weighted by Gasteiger charge is 2.20. The van der Waals surface area contributed by atoms with Crippen molar-refractivity contribution in [3.8, 4) is 0 Å². The van der Waals surface area contributed by atoms with E-state index >= 15 is 0 Å². The minimum absolute atomic E-state index is 0.104. The summed E-state index contributed by atoms with van der Waals surface area (Å²) in [5, 5.41) is 7.18. The molecule has 21 heavy (non-hydrogen) atoms. The van der Waals surface area contributed by atoms with E-state index in [1.54, 1.807) is 11.8 Å². The van der Waals surface area contributed by atoms with Crippen molar-refractivity contribution in [2.45, 2.75) is 38.0 Å². The summed E-state index contributed by atoms with van der Waals surface area (Å²) in [6, 6.07) is 10.3. The van der Waals surface area contributed by atoms with Crippen LogP contribution in [0.15, 0.2) is 30.3 Å². The largest absolute Gasteiger partial charge is 0.348 e. The summed E-state index contributed by atoms with van der Waals surface area (Å²) in [7, 11) is 0. The Morgan fingerprint density at radius 1 is 1.29 bits per heavy atom. The molecule has 116 valence electrons. The summed E-state index contributed by atoms with van der Waals surface area (Å²) in [5.74, 6) is 1.11. The molecule has 1 aromatic rings. The van der Waals surface area contributed by atoms with Crippen molar-refractivity contribution in [3.63, 3.8) is 0 Å². The minimum Gasteiger partial charge on any atom is -0.348 e. The van der Waals surface area contributed by atoms with E-state index in [-0.39, 0.29) is 11.9 Å². The van der Waals surface area contributed by atoms with Crippen LogP contribution in [0.1, 0.15) is 38.3 Å². The number of hydrogen-bond acceptors (Lipinski definition) is 3. The molecule has 0 bridgehead atoms. The first-order chi connectivity index (χ1) is 10.2. The van der Waals surface area contributed by atoms with E-state index in [9.17, 15) is 4.79 Å². The number of nitrogens with one attached hydrogen (secondary N) is 2. The molecule has 3 nitrogen and oxygen atoms in total. The second-order valence-electron chi connectivity index (χ2n) is 5.96. The summed E-state index contributed by atoms with van der Waals surface area (Å²) < 4.78 is 0. The third kappa shape index (κ3) is 5.36. The second-order valence-corrected chi connectivity index (χ2v) is 7.25. The highest BCUT2D eigenvalue weighted by molar-refractivity contribution is 8.00. The van der Waals surface area contributed by atoms with Gasteiger partial charge in [0.1, 0.15) is 0 Å². The van der Waals surface area contributed by atoms with Crippen molar-refractivity contribution in [2.24, 2.45) is 5.92 Å². The molecular formula is C17H26N2OS. The Bertz CT molecular complexity index is 430. The van der Waals surface area contributed by atoms with Crippen LogP contribution in [0, 0.1) is 5.92 Å². The van der Waals surface area contributed by atoms with E-state index < -0.39 is 0 Å². The lowest BCUT2D eigenvalue weighted by atomic mass is 9.96. The van der Waals surface area contributed by atoms with E-state index in [1.165, 1.54) is 18.4 Å². The molecule has 1 amide bonds. The van der Waals surface area contributed by atoms with Crippen LogP contribution in [0.5, 0.6) is 0 Å². The second kappa shape index (κ2) is 8.44. The van der Waals surface area contributed by atoms with Gasteiger partial charge in [0.25, 0.3) is 0 Å². The van der Waals surface area contributed by atoms with Crippen LogP contribution in [-0.2, 0) is 4.79 Å². The Labute approximate surface area is 132 Å². The summed E-state index contributed by atoms with van der Waals surface area (Å²) in [4.78, 5) is 12.2. The van der Waals surface area contributed by atoms with E-state index in [0.717, 1.165) is 13.1 Å². The van der Waals surface area contributed by atoms with Gasteiger partial charge in [0.05, 0.1) is 11.8 Å². The molecule has 1 atom stereocenters. The van der Waals surface area contributed by atoms with Crippen molar-refractivity contribution in [2.75, 3.05) is 18.8 Å². The zero-order valence-electron chi connectivity index (χ0n) is 13.0. The van der Waals surface area contributed by atoms with Crippen molar-refractivity contribution in [1.82, 2.24) is 10.6 Å². The maximum Gasteiger partial charge on any atom is 0.230 e. The molecule has 2 rings (SSSR count). The van der Waals surface area contributed by atoms with Gasteiger partial charge in [-0.1, -0.05) is 44.2 Å². The number of rotatable bonds is 6. The van der Waals surface area contributed by atoms with Crippen LogP contribution in [0.3, 0.4) is 0 Å². The number of thioether (sulfide) groups is 1. The number of carbonyl (C=O) groups excluding carboxylic acids is 1. The van der Waals surface area contributed by atoms with E-state index in [2.05, 4.69) is 36.6 Å². The molecule has 0 radical (unpaired) electrons. The number of carbonyl (C=O) groups is 1. The summed E-state index contributed by atoms with van der Waals surface area (Å²) in [5.41, 5.74) is 1.19. The predicted octanol–water partition coefficient (Wildman–Crippen LogP) is 2.99. The predicted molar refractivity (Wildman–Crippen MR) is 90.5 cm³/mol. The fourth-order valence-corrected chi connectivity index (χ4v) is 3.71. The van der Waals surface area contributed by atoms with Crippen molar-refractivity contribution < 1.29 is 4.79 Å². The molecule has 4 heteroatoms. The number of amides is 1. The molecule has 1 aromatic carbocycles. The third-order valence-electron chi connectivity index (χ3n) is 3.88. The van der Waals surface area contributed by atoms with Gasteiger partial charge < -0.3 is 10.6 Å². The molecule has 1 aliphatic rings. The fraction of sp³-hybridized carbons (Fsp3) is 0.588. The van der Waals surface area contributed by atoms with Gasteiger partial charge in [0, 0.05) is 5.25 Å². The molecule has 1 heterocycles. The molecule has 0 spiro atoms. The Hall–Kier alpha value is -1.00. The summed E-state index contributed by atoms with van der Waals surface area (Å²) >= 11 is 1.80. The van der Waals surface area contributed by atoms with Gasteiger partial charge in [-0.15, -0.1) is 11.8 Å². The Balaban J connectivity index is 1.84. The van der Waals surface area contributed by atoms with Gasteiger partial charge in [0.15, 0.2) is 0 Å². The Morgan fingerprint density at radius 2 is 1.95 bits per heavy atom. The molecule has 1 aliphatic heterocycles. The molecule has 1 saturated heterocycles. The molecule has 2 N–H and O–H groups in total. The number of benzene rings is 1. The van der Waals surface area contributed by atoms with Crippen LogP contribution in [0.2, 0.25) is 0 Å². The Kier molecular flexibility index (Phi) is 6.58. The minimum atomic E-state index is 0.104. The van der Waals surface area contributed by atoms with Crippen LogP contribution < -0.4 is 10.6 Å². The van der Waals surface area contributed by atoms with Crippen LogP contribution in [0.4, 0.5) is 0 Å². The quantitative estimate of drug-likeness (QED) is 0.849. The lowest BCUT2D eigenvalue weighted by Crippen LogP contribution is -2.34. The molecule has 1 unspecified atom stereocenters. The average Bonchev–Trinajstić information content (AvgIpc) is 2.52. The van der Waals surface area contributed by atoms with Gasteiger partial charge in [-0.3, -0.25) is 4.79 Å².